The summed E-state index contributed by atoms with van der Waals surface area (Å²) in [7, 11) is 0. The second kappa shape index (κ2) is 3.25. The van der Waals surface area contributed by atoms with Crippen molar-refractivity contribution in [3.05, 3.63) is 36.5 Å². The van der Waals surface area contributed by atoms with Crippen LogP contribution < -0.4 is 0 Å². The van der Waals surface area contributed by atoms with E-state index in [1.807, 2.05) is 12.2 Å². The van der Waals surface area contributed by atoms with Crippen molar-refractivity contribution >= 4 is 0 Å². The molecule has 0 heterocycles. The zero-order valence-corrected chi connectivity index (χ0v) is 6.64. The van der Waals surface area contributed by atoms with E-state index < -0.39 is 0 Å². The van der Waals surface area contributed by atoms with Crippen LogP contribution in [0.3, 0.4) is 0 Å². The summed E-state index contributed by atoms with van der Waals surface area (Å²) in [5.41, 5.74) is 2.53. The van der Waals surface area contributed by atoms with E-state index in [4.69, 9.17) is 6.42 Å². The van der Waals surface area contributed by atoms with Gasteiger partial charge >= 0.3 is 0 Å². The minimum atomic E-state index is 0.371. The highest BCUT2D eigenvalue weighted by molar-refractivity contribution is 5.37. The molecule has 0 saturated heterocycles. The van der Waals surface area contributed by atoms with Crippen LogP contribution in [0.4, 0.5) is 0 Å². The van der Waals surface area contributed by atoms with Crippen LogP contribution in [0.25, 0.3) is 0 Å². The fraction of sp³-hybridized carbons (Fsp3) is 0.273. The highest BCUT2D eigenvalue weighted by atomic mass is 14.2. The first kappa shape index (κ1) is 7.88. The van der Waals surface area contributed by atoms with Crippen LogP contribution in [-0.4, -0.2) is 0 Å². The van der Waals surface area contributed by atoms with E-state index in [2.05, 4.69) is 19.1 Å². The van der Waals surface area contributed by atoms with Crippen LogP contribution in [0.5, 0.6) is 0 Å². The summed E-state index contributed by atoms with van der Waals surface area (Å²) in [5.74, 6) is 3.13. The van der Waals surface area contributed by atoms with Crippen LogP contribution in [-0.2, 0) is 0 Å². The highest BCUT2D eigenvalue weighted by Gasteiger charge is 2.18. The smallest absolute Gasteiger partial charge is 0.0281 e. The molecule has 0 radical (unpaired) electrons. The monoisotopic (exact) mass is 144 g/mol. The molecule has 11 heavy (non-hydrogen) atoms. The molecule has 1 rings (SSSR count). The van der Waals surface area contributed by atoms with Gasteiger partial charge in [-0.15, -0.1) is 12.3 Å². The van der Waals surface area contributed by atoms with Crippen molar-refractivity contribution in [2.24, 2.45) is 5.92 Å². The molecule has 0 heteroatoms. The van der Waals surface area contributed by atoms with E-state index in [1.54, 1.807) is 0 Å². The molecule has 0 atom stereocenters. The Labute approximate surface area is 68.3 Å². The van der Waals surface area contributed by atoms with Crippen LogP contribution >= 0.6 is 0 Å². The molecular formula is C11H12. The molecule has 1 aliphatic carbocycles. The first-order valence-corrected chi connectivity index (χ1v) is 3.74. The van der Waals surface area contributed by atoms with Gasteiger partial charge in [0, 0.05) is 5.92 Å². The second-order valence-corrected chi connectivity index (χ2v) is 2.73. The van der Waals surface area contributed by atoms with Gasteiger partial charge in [0.25, 0.3) is 0 Å². The molecule has 0 aromatic rings. The summed E-state index contributed by atoms with van der Waals surface area (Å²) in [6.07, 6.45) is 11.0. The maximum atomic E-state index is 5.32. The van der Waals surface area contributed by atoms with Gasteiger partial charge < -0.3 is 0 Å². The maximum absolute atomic E-state index is 5.32. The maximum Gasteiger partial charge on any atom is 0.0281 e. The van der Waals surface area contributed by atoms with Crippen molar-refractivity contribution in [3.63, 3.8) is 0 Å². The minimum Gasteiger partial charge on any atom is -0.120 e. The van der Waals surface area contributed by atoms with Crippen molar-refractivity contribution in [2.45, 2.75) is 12.8 Å². The Morgan fingerprint density at radius 1 is 1.27 bits per heavy atom. The van der Waals surface area contributed by atoms with Crippen molar-refractivity contribution in [1.29, 1.82) is 0 Å². The molecule has 0 aromatic carbocycles. The van der Waals surface area contributed by atoms with E-state index in [1.165, 1.54) is 11.1 Å². The van der Waals surface area contributed by atoms with E-state index >= 15 is 0 Å². The molecule has 56 valence electrons. The average molecular weight is 144 g/mol. The van der Waals surface area contributed by atoms with Crippen molar-refractivity contribution in [2.75, 3.05) is 0 Å². The average Bonchev–Trinajstić information content (AvgIpc) is 2.46. The first-order chi connectivity index (χ1) is 5.31. The lowest BCUT2D eigenvalue weighted by molar-refractivity contribution is 0.730. The summed E-state index contributed by atoms with van der Waals surface area (Å²) < 4.78 is 0. The predicted molar refractivity (Wildman–Crippen MR) is 49.0 cm³/mol. The Balaban J connectivity index is 2.80. The summed E-state index contributed by atoms with van der Waals surface area (Å²) in [6, 6.07) is 0. The predicted octanol–water partition coefficient (Wildman–Crippen LogP) is 2.70. The van der Waals surface area contributed by atoms with E-state index in [0.717, 1.165) is 12.8 Å². The lowest BCUT2D eigenvalue weighted by Gasteiger charge is -1.96. The Morgan fingerprint density at radius 3 is 2.00 bits per heavy atom. The van der Waals surface area contributed by atoms with E-state index in [-0.39, 0.29) is 0 Å². The van der Waals surface area contributed by atoms with Crippen LogP contribution in [0.2, 0.25) is 0 Å². The number of hydrogen-bond acceptors (Lipinski definition) is 0. The third-order valence-electron chi connectivity index (χ3n) is 2.07. The fourth-order valence-electron chi connectivity index (χ4n) is 1.41. The van der Waals surface area contributed by atoms with Gasteiger partial charge in [0.1, 0.15) is 0 Å². The fourth-order valence-corrected chi connectivity index (χ4v) is 1.41. The molecule has 0 bridgehead atoms. The van der Waals surface area contributed by atoms with Crippen molar-refractivity contribution in [3.8, 4) is 12.3 Å². The topological polar surface area (TPSA) is 0 Å². The Kier molecular flexibility index (Phi) is 2.33. The molecule has 0 amide bonds. The van der Waals surface area contributed by atoms with Gasteiger partial charge in [0.15, 0.2) is 0 Å². The van der Waals surface area contributed by atoms with Crippen LogP contribution in [0, 0.1) is 18.3 Å². The number of allylic oxidation sites excluding steroid dienone is 4. The lowest BCUT2D eigenvalue weighted by Crippen LogP contribution is -1.87. The molecule has 0 nitrogen and oxygen atoms in total. The summed E-state index contributed by atoms with van der Waals surface area (Å²) >= 11 is 0. The van der Waals surface area contributed by atoms with Gasteiger partial charge in [0.05, 0.1) is 0 Å². The molecule has 0 fully saturated rings. The quantitative estimate of drug-likeness (QED) is 0.523. The molecule has 0 aromatic heterocycles. The van der Waals surface area contributed by atoms with Gasteiger partial charge in [-0.2, -0.15) is 0 Å². The van der Waals surface area contributed by atoms with Gasteiger partial charge in [-0.25, -0.2) is 0 Å². The first-order valence-electron chi connectivity index (χ1n) is 3.74. The van der Waals surface area contributed by atoms with Gasteiger partial charge in [0.2, 0.25) is 0 Å². The Bertz CT molecular complexity index is 228. The van der Waals surface area contributed by atoms with Gasteiger partial charge in [-0.05, 0) is 24.0 Å². The Morgan fingerprint density at radius 2 is 1.73 bits per heavy atom. The van der Waals surface area contributed by atoms with Crippen molar-refractivity contribution < 1.29 is 0 Å². The molecule has 1 aliphatic rings. The standard InChI is InChI=1S/C11H12/c1-4-9-7-10(5-2)11(6-3)8-9/h1,5-6,9H,2-3,7-8H2. The zero-order valence-electron chi connectivity index (χ0n) is 6.64. The van der Waals surface area contributed by atoms with E-state index in [0.29, 0.717) is 5.92 Å². The SMILES string of the molecule is C#CC1CC(C=C)=C(C=C)C1. The molecular weight excluding hydrogens is 132 g/mol. The second-order valence-electron chi connectivity index (χ2n) is 2.73. The van der Waals surface area contributed by atoms with Gasteiger partial charge in [-0.3, -0.25) is 0 Å². The molecule has 0 spiro atoms. The zero-order chi connectivity index (χ0) is 8.27. The largest absolute Gasteiger partial charge is 0.120 e. The minimum absolute atomic E-state index is 0.371. The lowest BCUT2D eigenvalue weighted by atomic mass is 10.1. The molecule has 0 unspecified atom stereocenters. The van der Waals surface area contributed by atoms with Crippen molar-refractivity contribution in [1.82, 2.24) is 0 Å². The Hall–Kier alpha value is -1.22. The summed E-state index contributed by atoms with van der Waals surface area (Å²) in [6.45, 7) is 7.47. The summed E-state index contributed by atoms with van der Waals surface area (Å²) in [4.78, 5) is 0. The highest BCUT2D eigenvalue weighted by Crippen LogP contribution is 2.31. The van der Waals surface area contributed by atoms with E-state index in [9.17, 15) is 0 Å². The molecule has 0 saturated carbocycles. The molecule has 0 N–H and O–H groups in total. The summed E-state index contributed by atoms with van der Waals surface area (Å²) in [5, 5.41) is 0. The third kappa shape index (κ3) is 1.43. The number of hydrogen-bond donors (Lipinski definition) is 0. The normalized spacial score (nSPS) is 18.1. The molecule has 0 aliphatic heterocycles. The van der Waals surface area contributed by atoms with Crippen LogP contribution in [0.1, 0.15) is 12.8 Å². The number of rotatable bonds is 2. The number of terminal acetylenes is 1. The third-order valence-corrected chi connectivity index (χ3v) is 2.07. The van der Waals surface area contributed by atoms with Gasteiger partial charge in [-0.1, -0.05) is 25.3 Å². The van der Waals surface area contributed by atoms with Crippen LogP contribution in [0.15, 0.2) is 36.5 Å².